The van der Waals surface area contributed by atoms with Gasteiger partial charge < -0.3 is 4.98 Å². The van der Waals surface area contributed by atoms with E-state index in [0.29, 0.717) is 21.6 Å². The van der Waals surface area contributed by atoms with Crippen molar-refractivity contribution in [2.45, 2.75) is 0 Å². The Bertz CT molecular complexity index is 1140. The standard InChI is InChI=1S/C15H9ClN4O2/c16-8-1-3-10-13(5-8)20(15(22)19-14(10)21)9-2-4-11-12(6-9)18-7-17-11/h1-7H,(H,17,18)(H,19,21,22). The van der Waals surface area contributed by atoms with Crippen LogP contribution in [-0.4, -0.2) is 19.5 Å². The van der Waals surface area contributed by atoms with Crippen LogP contribution >= 0.6 is 11.6 Å². The molecule has 0 radical (unpaired) electrons. The summed E-state index contributed by atoms with van der Waals surface area (Å²) < 4.78 is 1.41. The third kappa shape index (κ3) is 1.85. The maximum Gasteiger partial charge on any atom is 0.333 e. The molecule has 6 nitrogen and oxygen atoms in total. The number of benzene rings is 2. The van der Waals surface area contributed by atoms with Crippen LogP contribution in [0.2, 0.25) is 5.02 Å². The highest BCUT2D eigenvalue weighted by Gasteiger charge is 2.10. The van der Waals surface area contributed by atoms with Gasteiger partial charge in [0.2, 0.25) is 0 Å². The molecule has 2 aromatic heterocycles. The molecule has 0 amide bonds. The van der Waals surface area contributed by atoms with Gasteiger partial charge in [-0.15, -0.1) is 0 Å². The van der Waals surface area contributed by atoms with Gasteiger partial charge in [-0.3, -0.25) is 14.3 Å². The maximum absolute atomic E-state index is 12.3. The van der Waals surface area contributed by atoms with Crippen LogP contribution < -0.4 is 11.2 Å². The highest BCUT2D eigenvalue weighted by atomic mass is 35.5. The number of aromatic nitrogens is 4. The molecule has 0 saturated carbocycles. The number of fused-ring (bicyclic) bond motifs is 2. The van der Waals surface area contributed by atoms with Crippen LogP contribution in [0.1, 0.15) is 0 Å². The Morgan fingerprint density at radius 2 is 1.95 bits per heavy atom. The summed E-state index contributed by atoms with van der Waals surface area (Å²) in [6, 6.07) is 10.2. The summed E-state index contributed by atoms with van der Waals surface area (Å²) in [7, 11) is 0. The van der Waals surface area contributed by atoms with Crippen LogP contribution in [0.3, 0.4) is 0 Å². The predicted octanol–water partition coefficient (Wildman–Crippen LogP) is 2.21. The number of nitrogens with one attached hydrogen (secondary N) is 2. The Hall–Kier alpha value is -2.86. The fourth-order valence-electron chi connectivity index (χ4n) is 2.53. The molecule has 4 aromatic rings. The molecule has 0 spiro atoms. The number of imidazole rings is 1. The van der Waals surface area contributed by atoms with Crippen LogP contribution in [0.25, 0.3) is 27.6 Å². The lowest BCUT2D eigenvalue weighted by Crippen LogP contribution is -2.29. The van der Waals surface area contributed by atoms with E-state index in [9.17, 15) is 9.59 Å². The summed E-state index contributed by atoms with van der Waals surface area (Å²) in [5.74, 6) is 0. The molecule has 2 heterocycles. The molecule has 4 rings (SSSR count). The first-order valence-electron chi connectivity index (χ1n) is 6.51. The molecule has 2 N–H and O–H groups in total. The van der Waals surface area contributed by atoms with Gasteiger partial charge in [-0.05, 0) is 36.4 Å². The summed E-state index contributed by atoms with van der Waals surface area (Å²) in [6.07, 6.45) is 1.58. The largest absolute Gasteiger partial charge is 0.345 e. The Kier molecular flexibility index (Phi) is 2.67. The molecule has 22 heavy (non-hydrogen) atoms. The van der Waals surface area contributed by atoms with E-state index in [-0.39, 0.29) is 0 Å². The molecule has 0 atom stereocenters. The van der Waals surface area contributed by atoms with Gasteiger partial charge in [-0.25, -0.2) is 9.78 Å². The third-order valence-electron chi connectivity index (χ3n) is 3.53. The van der Waals surface area contributed by atoms with Gasteiger partial charge in [-0.1, -0.05) is 11.6 Å². The van der Waals surface area contributed by atoms with Crippen molar-refractivity contribution in [3.8, 4) is 5.69 Å². The highest BCUT2D eigenvalue weighted by molar-refractivity contribution is 6.31. The molecule has 0 aliphatic carbocycles. The van der Waals surface area contributed by atoms with Crippen LogP contribution in [0.5, 0.6) is 0 Å². The van der Waals surface area contributed by atoms with Gasteiger partial charge in [0.05, 0.1) is 34.0 Å². The number of H-pyrrole nitrogens is 2. The van der Waals surface area contributed by atoms with Crippen LogP contribution in [0, 0.1) is 0 Å². The van der Waals surface area contributed by atoms with Gasteiger partial charge in [-0.2, -0.15) is 0 Å². The maximum atomic E-state index is 12.3. The zero-order valence-electron chi connectivity index (χ0n) is 11.1. The summed E-state index contributed by atoms with van der Waals surface area (Å²) in [4.78, 5) is 33.7. The van der Waals surface area contributed by atoms with Crippen molar-refractivity contribution in [2.75, 3.05) is 0 Å². The number of rotatable bonds is 1. The van der Waals surface area contributed by atoms with Crippen molar-refractivity contribution < 1.29 is 0 Å². The van der Waals surface area contributed by atoms with E-state index in [1.54, 1.807) is 36.7 Å². The molecule has 0 fully saturated rings. The number of aromatic amines is 2. The molecule has 0 aliphatic heterocycles. The Morgan fingerprint density at radius 3 is 2.82 bits per heavy atom. The highest BCUT2D eigenvalue weighted by Crippen LogP contribution is 2.20. The number of hydrogen-bond acceptors (Lipinski definition) is 3. The molecule has 0 unspecified atom stereocenters. The second kappa shape index (κ2) is 4.57. The first-order valence-corrected chi connectivity index (χ1v) is 6.89. The lowest BCUT2D eigenvalue weighted by atomic mass is 10.2. The van der Waals surface area contributed by atoms with E-state index in [2.05, 4.69) is 15.0 Å². The lowest BCUT2D eigenvalue weighted by Gasteiger charge is -2.09. The molecule has 0 bridgehead atoms. The minimum atomic E-state index is -0.519. The van der Waals surface area contributed by atoms with Crippen molar-refractivity contribution in [3.63, 3.8) is 0 Å². The summed E-state index contributed by atoms with van der Waals surface area (Å²) in [6.45, 7) is 0. The topological polar surface area (TPSA) is 83.5 Å². The van der Waals surface area contributed by atoms with Gasteiger partial charge in [0.15, 0.2) is 0 Å². The van der Waals surface area contributed by atoms with Gasteiger partial charge in [0.25, 0.3) is 5.56 Å². The first-order chi connectivity index (χ1) is 10.6. The smallest absolute Gasteiger partial charge is 0.333 e. The zero-order valence-corrected chi connectivity index (χ0v) is 11.9. The quantitative estimate of drug-likeness (QED) is 0.565. The lowest BCUT2D eigenvalue weighted by molar-refractivity contribution is 0.944. The summed E-state index contributed by atoms with van der Waals surface area (Å²) in [5.41, 5.74) is 1.70. The van der Waals surface area contributed by atoms with Crippen molar-refractivity contribution in [3.05, 3.63) is 68.6 Å². The molecular formula is C15H9ClN4O2. The van der Waals surface area contributed by atoms with Crippen molar-refractivity contribution in [2.24, 2.45) is 0 Å². The van der Waals surface area contributed by atoms with E-state index >= 15 is 0 Å². The predicted molar refractivity (Wildman–Crippen MR) is 84.8 cm³/mol. The van der Waals surface area contributed by atoms with Gasteiger partial charge >= 0.3 is 5.69 Å². The molecule has 0 saturated heterocycles. The van der Waals surface area contributed by atoms with E-state index in [1.165, 1.54) is 4.57 Å². The first kappa shape index (κ1) is 12.8. The van der Waals surface area contributed by atoms with E-state index in [4.69, 9.17) is 11.6 Å². The molecular weight excluding hydrogens is 304 g/mol. The summed E-state index contributed by atoms with van der Waals surface area (Å²) >= 11 is 6.02. The van der Waals surface area contributed by atoms with Gasteiger partial charge in [0, 0.05) is 5.02 Å². The zero-order chi connectivity index (χ0) is 15.3. The van der Waals surface area contributed by atoms with Gasteiger partial charge in [0.1, 0.15) is 0 Å². The number of halogens is 1. The Balaban J connectivity index is 2.15. The number of nitrogens with zero attached hydrogens (tertiary/aromatic N) is 2. The van der Waals surface area contributed by atoms with Crippen molar-refractivity contribution in [1.29, 1.82) is 0 Å². The molecule has 108 valence electrons. The Labute approximate surface area is 128 Å². The average Bonchev–Trinajstić information content (AvgIpc) is 2.94. The second-order valence-electron chi connectivity index (χ2n) is 4.86. The van der Waals surface area contributed by atoms with E-state index in [0.717, 1.165) is 11.0 Å². The third-order valence-corrected chi connectivity index (χ3v) is 3.77. The second-order valence-corrected chi connectivity index (χ2v) is 5.30. The SMILES string of the molecule is O=c1[nH]c(=O)n(-c2ccc3[nH]cnc3c2)c2cc(Cl)ccc12. The number of hydrogen-bond donors (Lipinski definition) is 2. The minimum absolute atomic E-state index is 0.395. The summed E-state index contributed by atoms with van der Waals surface area (Å²) in [5, 5.41) is 0.846. The molecule has 7 heteroatoms. The minimum Gasteiger partial charge on any atom is -0.345 e. The monoisotopic (exact) mass is 312 g/mol. The fourth-order valence-corrected chi connectivity index (χ4v) is 2.69. The van der Waals surface area contributed by atoms with E-state index in [1.807, 2.05) is 6.07 Å². The van der Waals surface area contributed by atoms with Crippen LogP contribution in [0.4, 0.5) is 0 Å². The van der Waals surface area contributed by atoms with Crippen molar-refractivity contribution in [1.82, 2.24) is 19.5 Å². The average molecular weight is 313 g/mol. The van der Waals surface area contributed by atoms with Crippen LogP contribution in [-0.2, 0) is 0 Å². The molecule has 0 aliphatic rings. The Morgan fingerprint density at radius 1 is 1.09 bits per heavy atom. The van der Waals surface area contributed by atoms with Crippen molar-refractivity contribution >= 4 is 33.5 Å². The molecule has 2 aromatic carbocycles. The van der Waals surface area contributed by atoms with E-state index < -0.39 is 11.2 Å². The van der Waals surface area contributed by atoms with Crippen LogP contribution in [0.15, 0.2) is 52.3 Å². The fraction of sp³-hybridized carbons (Fsp3) is 0. The normalized spacial score (nSPS) is 11.3.